The van der Waals surface area contributed by atoms with Gasteiger partial charge in [-0.15, -0.1) is 0 Å². The Balaban J connectivity index is 2.17. The van der Waals surface area contributed by atoms with Crippen LogP contribution in [0, 0.1) is 0 Å². The molecule has 1 amide bonds. The lowest BCUT2D eigenvalue weighted by Crippen LogP contribution is -2.44. The molecule has 0 spiro atoms. The molecule has 6 heteroatoms. The minimum Gasteiger partial charge on any atom is -0.508 e. The maximum absolute atomic E-state index is 12.0. The van der Waals surface area contributed by atoms with Gasteiger partial charge in [-0.1, -0.05) is 25.3 Å². The summed E-state index contributed by atoms with van der Waals surface area (Å²) in [5.41, 5.74) is 1.14. The molecule has 2 rings (SSSR count). The largest absolute Gasteiger partial charge is 0.508 e. The molecule has 0 unspecified atom stereocenters. The Hall–Kier alpha value is -2.24. The van der Waals surface area contributed by atoms with Gasteiger partial charge in [0.05, 0.1) is 0 Å². The van der Waals surface area contributed by atoms with Crippen molar-refractivity contribution in [2.45, 2.75) is 76.9 Å². The zero-order chi connectivity index (χ0) is 19.3. The second kappa shape index (κ2) is 8.43. The average molecular weight is 363 g/mol. The average Bonchev–Trinajstić information content (AvgIpc) is 2.54. The summed E-state index contributed by atoms with van der Waals surface area (Å²) in [6.45, 7) is 5.18. The highest BCUT2D eigenvalue weighted by Gasteiger charge is 2.27. The third-order valence-corrected chi connectivity index (χ3v) is 4.59. The van der Waals surface area contributed by atoms with Crippen LogP contribution in [0.15, 0.2) is 18.2 Å². The van der Waals surface area contributed by atoms with Crippen LogP contribution in [0.25, 0.3) is 0 Å². The van der Waals surface area contributed by atoms with Crippen LogP contribution in [0.2, 0.25) is 0 Å². The molecule has 1 fully saturated rings. The number of benzene rings is 1. The SMILES string of the molecule is CC(C)(C)OC(=O)N[C@@H](Cc1ccc(O)cc1C1CCCCC1)C(=O)O. The highest BCUT2D eigenvalue weighted by Crippen LogP contribution is 2.36. The number of alkyl carbamates (subject to hydrolysis) is 1. The second-order valence-electron chi connectivity index (χ2n) is 7.96. The van der Waals surface area contributed by atoms with Crippen LogP contribution in [0.5, 0.6) is 5.75 Å². The standard InChI is InChI=1S/C20H29NO5/c1-20(2,3)26-19(25)21-17(18(23)24)11-14-9-10-15(22)12-16(14)13-7-5-4-6-8-13/h9-10,12-13,17,22H,4-8,11H2,1-3H3,(H,21,25)(H,23,24)/t17-/m0/s1. The van der Waals surface area contributed by atoms with Crippen molar-refractivity contribution in [2.24, 2.45) is 0 Å². The Morgan fingerprint density at radius 2 is 1.88 bits per heavy atom. The zero-order valence-corrected chi connectivity index (χ0v) is 15.7. The van der Waals surface area contributed by atoms with Crippen LogP contribution in [0.1, 0.15) is 69.9 Å². The van der Waals surface area contributed by atoms with E-state index in [2.05, 4.69) is 5.32 Å². The van der Waals surface area contributed by atoms with Crippen LogP contribution < -0.4 is 5.32 Å². The molecular formula is C20H29NO5. The number of carboxylic acid groups (broad SMARTS) is 1. The first-order valence-corrected chi connectivity index (χ1v) is 9.20. The molecule has 1 aromatic carbocycles. The minimum atomic E-state index is -1.11. The molecular weight excluding hydrogens is 334 g/mol. The van der Waals surface area contributed by atoms with Gasteiger partial charge in [-0.05, 0) is 62.8 Å². The van der Waals surface area contributed by atoms with Crippen LogP contribution in [0.4, 0.5) is 4.79 Å². The molecule has 0 heterocycles. The number of nitrogens with one attached hydrogen (secondary N) is 1. The number of hydrogen-bond donors (Lipinski definition) is 3. The summed E-state index contributed by atoms with van der Waals surface area (Å²) in [5.74, 6) is -0.610. The summed E-state index contributed by atoms with van der Waals surface area (Å²) in [7, 11) is 0. The van der Waals surface area contributed by atoms with Crippen molar-refractivity contribution in [1.29, 1.82) is 0 Å². The number of carbonyl (C=O) groups excluding carboxylic acids is 1. The van der Waals surface area contributed by atoms with Gasteiger partial charge in [-0.2, -0.15) is 0 Å². The van der Waals surface area contributed by atoms with E-state index in [0.29, 0.717) is 5.92 Å². The molecule has 1 aliphatic carbocycles. The maximum Gasteiger partial charge on any atom is 0.408 e. The Morgan fingerprint density at radius 1 is 1.23 bits per heavy atom. The highest BCUT2D eigenvalue weighted by molar-refractivity contribution is 5.80. The molecule has 1 atom stereocenters. The number of ether oxygens (including phenoxy) is 1. The molecule has 3 N–H and O–H groups in total. The lowest BCUT2D eigenvalue weighted by molar-refractivity contribution is -0.139. The molecule has 0 saturated heterocycles. The molecule has 0 aromatic heterocycles. The summed E-state index contributed by atoms with van der Waals surface area (Å²) >= 11 is 0. The minimum absolute atomic E-state index is 0.153. The lowest BCUT2D eigenvalue weighted by atomic mass is 9.81. The topological polar surface area (TPSA) is 95.9 Å². The number of phenols is 1. The van der Waals surface area contributed by atoms with Gasteiger partial charge in [0.1, 0.15) is 17.4 Å². The molecule has 144 valence electrons. The number of phenolic OH excluding ortho intramolecular Hbond substituents is 1. The molecule has 6 nitrogen and oxygen atoms in total. The predicted molar refractivity (Wildman–Crippen MR) is 98.4 cm³/mol. The van der Waals surface area contributed by atoms with E-state index in [-0.39, 0.29) is 12.2 Å². The number of hydrogen-bond acceptors (Lipinski definition) is 4. The van der Waals surface area contributed by atoms with Gasteiger partial charge >= 0.3 is 12.1 Å². The lowest BCUT2D eigenvalue weighted by Gasteiger charge is -2.26. The fourth-order valence-electron chi connectivity index (χ4n) is 3.43. The van der Waals surface area contributed by atoms with Gasteiger partial charge in [0.2, 0.25) is 0 Å². The van der Waals surface area contributed by atoms with E-state index < -0.39 is 23.7 Å². The smallest absolute Gasteiger partial charge is 0.408 e. The third kappa shape index (κ3) is 5.93. The van der Waals surface area contributed by atoms with E-state index in [1.54, 1.807) is 39.0 Å². The van der Waals surface area contributed by atoms with Crippen LogP contribution in [-0.4, -0.2) is 33.9 Å². The first-order valence-electron chi connectivity index (χ1n) is 9.20. The maximum atomic E-state index is 12.0. The fourth-order valence-corrected chi connectivity index (χ4v) is 3.43. The van der Waals surface area contributed by atoms with Gasteiger partial charge in [-0.25, -0.2) is 9.59 Å². The van der Waals surface area contributed by atoms with E-state index in [9.17, 15) is 19.8 Å². The molecule has 0 aliphatic heterocycles. The van der Waals surface area contributed by atoms with Gasteiger partial charge in [0.15, 0.2) is 0 Å². The monoisotopic (exact) mass is 363 g/mol. The summed E-state index contributed by atoms with van der Waals surface area (Å²) in [6.07, 6.45) is 4.96. The van der Waals surface area contributed by atoms with Crippen molar-refractivity contribution < 1.29 is 24.5 Å². The Bertz CT molecular complexity index is 644. The van der Waals surface area contributed by atoms with Crippen molar-refractivity contribution in [3.63, 3.8) is 0 Å². The van der Waals surface area contributed by atoms with Gasteiger partial charge < -0.3 is 20.3 Å². The molecule has 0 bridgehead atoms. The Morgan fingerprint density at radius 3 is 2.46 bits per heavy atom. The molecule has 26 heavy (non-hydrogen) atoms. The van der Waals surface area contributed by atoms with Crippen LogP contribution >= 0.6 is 0 Å². The van der Waals surface area contributed by atoms with Crippen molar-refractivity contribution in [3.05, 3.63) is 29.3 Å². The Kier molecular flexibility index (Phi) is 6.51. The summed E-state index contributed by atoms with van der Waals surface area (Å²) in [5, 5.41) is 21.8. The normalized spacial score (nSPS) is 16.7. The number of rotatable bonds is 5. The molecule has 0 radical (unpaired) electrons. The van der Waals surface area contributed by atoms with Crippen LogP contribution in [-0.2, 0) is 16.0 Å². The van der Waals surface area contributed by atoms with E-state index in [1.807, 2.05) is 0 Å². The van der Waals surface area contributed by atoms with E-state index in [4.69, 9.17) is 4.74 Å². The zero-order valence-electron chi connectivity index (χ0n) is 15.7. The van der Waals surface area contributed by atoms with Crippen molar-refractivity contribution in [2.75, 3.05) is 0 Å². The van der Waals surface area contributed by atoms with E-state index in [0.717, 1.165) is 36.8 Å². The van der Waals surface area contributed by atoms with Gasteiger partial charge in [-0.3, -0.25) is 0 Å². The summed E-state index contributed by atoms with van der Waals surface area (Å²) < 4.78 is 5.17. The van der Waals surface area contributed by atoms with Crippen molar-refractivity contribution in [1.82, 2.24) is 5.32 Å². The number of amides is 1. The molecule has 1 saturated carbocycles. The molecule has 1 aromatic rings. The fraction of sp³-hybridized carbons (Fsp3) is 0.600. The summed E-state index contributed by atoms with van der Waals surface area (Å²) in [4.78, 5) is 23.6. The van der Waals surface area contributed by atoms with Crippen molar-refractivity contribution >= 4 is 12.1 Å². The second-order valence-corrected chi connectivity index (χ2v) is 7.96. The predicted octanol–water partition coefficient (Wildman–Crippen LogP) is 3.96. The quantitative estimate of drug-likeness (QED) is 0.736. The van der Waals surface area contributed by atoms with E-state index >= 15 is 0 Å². The third-order valence-electron chi connectivity index (χ3n) is 4.59. The first-order chi connectivity index (χ1) is 12.2. The molecule has 1 aliphatic rings. The van der Waals surface area contributed by atoms with Gasteiger partial charge in [0.25, 0.3) is 0 Å². The van der Waals surface area contributed by atoms with E-state index in [1.165, 1.54) is 6.42 Å². The first kappa shape index (κ1) is 20.1. The van der Waals surface area contributed by atoms with Gasteiger partial charge in [0, 0.05) is 6.42 Å². The summed E-state index contributed by atoms with van der Waals surface area (Å²) in [6, 6.07) is 3.97. The number of carbonyl (C=O) groups is 2. The highest BCUT2D eigenvalue weighted by atomic mass is 16.6. The van der Waals surface area contributed by atoms with Crippen LogP contribution in [0.3, 0.4) is 0 Å². The Labute approximate surface area is 154 Å². The number of aromatic hydroxyl groups is 1. The van der Waals surface area contributed by atoms with Crippen molar-refractivity contribution in [3.8, 4) is 5.75 Å². The number of carboxylic acids is 1. The number of aliphatic carboxylic acids is 1.